The molecule has 1 aromatic heterocycles. The Morgan fingerprint density at radius 2 is 2.05 bits per heavy atom. The summed E-state index contributed by atoms with van der Waals surface area (Å²) in [5.74, 6) is -0.472. The van der Waals surface area contributed by atoms with E-state index >= 15 is 0 Å². The van der Waals surface area contributed by atoms with E-state index in [-0.39, 0.29) is 0 Å². The highest BCUT2D eigenvalue weighted by atomic mass is 16.4. The number of aromatic nitrogens is 3. The van der Waals surface area contributed by atoms with Crippen LogP contribution in [0.3, 0.4) is 0 Å². The van der Waals surface area contributed by atoms with Crippen LogP contribution in [-0.4, -0.2) is 38.8 Å². The molecule has 21 heavy (non-hydrogen) atoms. The fourth-order valence-corrected chi connectivity index (χ4v) is 1.76. The molecule has 110 valence electrons. The Bertz CT molecular complexity index is 585. The minimum atomic E-state index is -1.12. The molecule has 1 aromatic carbocycles. The molecule has 0 aliphatic carbocycles. The number of benzene rings is 1. The second-order valence-corrected chi connectivity index (χ2v) is 4.26. The van der Waals surface area contributed by atoms with Crippen LogP contribution in [0.25, 0.3) is 0 Å². The molecule has 0 fully saturated rings. The molecule has 0 aliphatic rings. The van der Waals surface area contributed by atoms with Gasteiger partial charge in [-0.05, 0) is 5.56 Å². The van der Waals surface area contributed by atoms with Crippen molar-refractivity contribution in [1.29, 1.82) is 0 Å². The first-order chi connectivity index (χ1) is 10.2. The molecule has 0 radical (unpaired) electrons. The zero-order valence-electron chi connectivity index (χ0n) is 11.1. The van der Waals surface area contributed by atoms with Crippen LogP contribution in [0.5, 0.6) is 0 Å². The van der Waals surface area contributed by atoms with Crippen molar-refractivity contribution in [3.8, 4) is 0 Å². The number of carbonyl (C=O) groups excluding carboxylic acids is 1. The average Bonchev–Trinajstić information content (AvgIpc) is 2.98. The van der Waals surface area contributed by atoms with Gasteiger partial charge in [0.15, 0.2) is 6.04 Å². The second kappa shape index (κ2) is 7.04. The first-order valence-corrected chi connectivity index (χ1v) is 6.33. The first-order valence-electron chi connectivity index (χ1n) is 6.33. The van der Waals surface area contributed by atoms with Crippen LogP contribution in [-0.2, 0) is 11.2 Å². The van der Waals surface area contributed by atoms with E-state index in [9.17, 15) is 14.7 Å². The zero-order chi connectivity index (χ0) is 15.1. The third-order valence-electron chi connectivity index (χ3n) is 2.77. The van der Waals surface area contributed by atoms with Crippen molar-refractivity contribution in [1.82, 2.24) is 25.8 Å². The highest BCUT2D eigenvalue weighted by Crippen LogP contribution is 2.12. The number of nitrogens with one attached hydrogen (secondary N) is 3. The number of carboxylic acid groups (broad SMARTS) is 1. The monoisotopic (exact) mass is 289 g/mol. The van der Waals surface area contributed by atoms with Gasteiger partial charge in [-0.15, -0.1) is 0 Å². The molecule has 4 N–H and O–H groups in total. The molecule has 0 bridgehead atoms. The Morgan fingerprint density at radius 1 is 1.29 bits per heavy atom. The topological polar surface area (TPSA) is 120 Å². The van der Waals surface area contributed by atoms with E-state index in [1.54, 1.807) is 30.3 Å². The summed E-state index contributed by atoms with van der Waals surface area (Å²) in [6, 6.07) is 6.87. The third kappa shape index (κ3) is 4.30. The van der Waals surface area contributed by atoms with Gasteiger partial charge < -0.3 is 15.7 Å². The second-order valence-electron chi connectivity index (χ2n) is 4.26. The van der Waals surface area contributed by atoms with Gasteiger partial charge in [-0.1, -0.05) is 30.3 Å². The highest BCUT2D eigenvalue weighted by Gasteiger charge is 2.21. The zero-order valence-corrected chi connectivity index (χ0v) is 11.1. The number of amides is 2. The third-order valence-corrected chi connectivity index (χ3v) is 2.77. The van der Waals surface area contributed by atoms with Crippen molar-refractivity contribution in [2.45, 2.75) is 12.5 Å². The molecule has 0 saturated heterocycles. The molecular formula is C13H15N5O3. The molecular weight excluding hydrogens is 274 g/mol. The van der Waals surface area contributed by atoms with E-state index < -0.39 is 18.0 Å². The van der Waals surface area contributed by atoms with Gasteiger partial charge in [-0.3, -0.25) is 5.10 Å². The average molecular weight is 289 g/mol. The van der Waals surface area contributed by atoms with E-state index in [0.29, 0.717) is 24.4 Å². The van der Waals surface area contributed by atoms with Gasteiger partial charge in [0.05, 0.1) is 0 Å². The summed E-state index contributed by atoms with van der Waals surface area (Å²) in [6.45, 7) is 0.322. The Balaban J connectivity index is 1.85. The van der Waals surface area contributed by atoms with E-state index in [4.69, 9.17) is 0 Å². The Morgan fingerprint density at radius 3 is 2.67 bits per heavy atom. The van der Waals surface area contributed by atoms with Crippen LogP contribution in [0.4, 0.5) is 4.79 Å². The lowest BCUT2D eigenvalue weighted by Gasteiger charge is -2.15. The van der Waals surface area contributed by atoms with Crippen LogP contribution in [0.15, 0.2) is 36.7 Å². The summed E-state index contributed by atoms with van der Waals surface area (Å²) in [5, 5.41) is 20.5. The highest BCUT2D eigenvalue weighted by molar-refractivity contribution is 5.83. The molecule has 2 aromatic rings. The van der Waals surface area contributed by atoms with E-state index in [1.165, 1.54) is 6.33 Å². The summed E-state index contributed by atoms with van der Waals surface area (Å²) in [7, 11) is 0. The molecule has 1 atom stereocenters. The quantitative estimate of drug-likeness (QED) is 0.616. The van der Waals surface area contributed by atoms with Crippen LogP contribution in [0.1, 0.15) is 17.4 Å². The van der Waals surface area contributed by atoms with Gasteiger partial charge in [0.25, 0.3) is 0 Å². The molecule has 0 saturated carbocycles. The van der Waals surface area contributed by atoms with Gasteiger partial charge in [-0.25, -0.2) is 14.6 Å². The minimum Gasteiger partial charge on any atom is -0.479 e. The lowest BCUT2D eigenvalue weighted by atomic mass is 10.1. The largest absolute Gasteiger partial charge is 0.479 e. The molecule has 8 heteroatoms. The van der Waals surface area contributed by atoms with E-state index in [0.717, 1.165) is 0 Å². The molecule has 8 nitrogen and oxygen atoms in total. The number of carbonyl (C=O) groups is 2. The number of aliphatic carboxylic acids is 1. The molecule has 0 unspecified atom stereocenters. The maximum Gasteiger partial charge on any atom is 0.330 e. The van der Waals surface area contributed by atoms with Crippen molar-refractivity contribution >= 4 is 12.0 Å². The Hall–Kier alpha value is -2.90. The summed E-state index contributed by atoms with van der Waals surface area (Å²) < 4.78 is 0. The Labute approximate surface area is 120 Å². The SMILES string of the molecule is O=C(NCCc1ncn[nH]1)N[C@@H](C(=O)O)c1ccccc1. The van der Waals surface area contributed by atoms with Crippen LogP contribution >= 0.6 is 0 Å². The standard InChI is InChI=1S/C13H15N5O3/c19-12(20)11(9-4-2-1-3-5-9)17-13(21)14-7-6-10-15-8-16-18-10/h1-5,8,11H,6-7H2,(H,19,20)(H2,14,17,21)(H,15,16,18)/t11-/m1/s1. The maximum atomic E-state index is 11.7. The molecule has 0 spiro atoms. The molecule has 0 aliphatic heterocycles. The predicted octanol–water partition coefficient (Wildman–Crippen LogP) is 0.472. The molecule has 1 heterocycles. The Kier molecular flexibility index (Phi) is 4.86. The lowest BCUT2D eigenvalue weighted by molar-refractivity contribution is -0.139. The number of carboxylic acids is 1. The van der Waals surface area contributed by atoms with Gasteiger partial charge in [0.2, 0.25) is 0 Å². The summed E-state index contributed by atoms with van der Waals surface area (Å²) in [5.41, 5.74) is 0.510. The van der Waals surface area contributed by atoms with Crippen molar-refractivity contribution < 1.29 is 14.7 Å². The summed E-state index contributed by atoms with van der Waals surface area (Å²) in [6.07, 6.45) is 1.86. The minimum absolute atomic E-state index is 0.322. The van der Waals surface area contributed by atoms with E-state index in [2.05, 4.69) is 25.8 Å². The van der Waals surface area contributed by atoms with Crippen molar-refractivity contribution in [2.75, 3.05) is 6.54 Å². The number of nitrogens with zero attached hydrogens (tertiary/aromatic N) is 2. The maximum absolute atomic E-state index is 11.7. The van der Waals surface area contributed by atoms with Gasteiger partial charge in [-0.2, -0.15) is 5.10 Å². The summed E-state index contributed by atoms with van der Waals surface area (Å²) in [4.78, 5) is 26.9. The fraction of sp³-hybridized carbons (Fsp3) is 0.231. The van der Waals surface area contributed by atoms with Crippen LogP contribution in [0.2, 0.25) is 0 Å². The normalized spacial score (nSPS) is 11.6. The van der Waals surface area contributed by atoms with Crippen molar-refractivity contribution in [2.24, 2.45) is 0 Å². The van der Waals surface area contributed by atoms with Crippen molar-refractivity contribution in [3.63, 3.8) is 0 Å². The number of hydrogen-bond acceptors (Lipinski definition) is 4. The van der Waals surface area contributed by atoms with E-state index in [1.807, 2.05) is 0 Å². The smallest absolute Gasteiger partial charge is 0.330 e. The number of H-pyrrole nitrogens is 1. The number of aromatic amines is 1. The lowest BCUT2D eigenvalue weighted by Crippen LogP contribution is -2.41. The molecule has 2 rings (SSSR count). The molecule has 2 amide bonds. The van der Waals surface area contributed by atoms with Gasteiger partial charge in [0.1, 0.15) is 12.2 Å². The fourth-order valence-electron chi connectivity index (χ4n) is 1.76. The number of hydrogen-bond donors (Lipinski definition) is 4. The summed E-state index contributed by atoms with van der Waals surface area (Å²) >= 11 is 0. The van der Waals surface area contributed by atoms with Crippen LogP contribution in [0, 0.1) is 0 Å². The van der Waals surface area contributed by atoms with Crippen molar-refractivity contribution in [3.05, 3.63) is 48.0 Å². The van der Waals surface area contributed by atoms with Gasteiger partial charge >= 0.3 is 12.0 Å². The van der Waals surface area contributed by atoms with Crippen LogP contribution < -0.4 is 10.6 Å². The van der Waals surface area contributed by atoms with Gasteiger partial charge in [0, 0.05) is 13.0 Å². The number of urea groups is 1. The first kappa shape index (κ1) is 14.5. The number of rotatable bonds is 6. The predicted molar refractivity (Wildman–Crippen MR) is 73.4 cm³/mol.